The van der Waals surface area contributed by atoms with E-state index in [1.54, 1.807) is 6.07 Å². The molecule has 0 bridgehead atoms. The van der Waals surface area contributed by atoms with Crippen molar-refractivity contribution in [3.05, 3.63) is 70.2 Å². The van der Waals surface area contributed by atoms with Crippen molar-refractivity contribution >= 4 is 17.9 Å². The van der Waals surface area contributed by atoms with E-state index in [9.17, 15) is 4.79 Å². The SMILES string of the molecule is O=Cc1ccc(Cc2ccccc2)cc1Cl. The molecule has 0 radical (unpaired) electrons. The fraction of sp³-hybridized carbons (Fsp3) is 0.0714. The summed E-state index contributed by atoms with van der Waals surface area (Å²) in [7, 11) is 0. The number of carbonyl (C=O) groups excluding carboxylic acids is 1. The van der Waals surface area contributed by atoms with Crippen LogP contribution in [0.15, 0.2) is 48.5 Å². The summed E-state index contributed by atoms with van der Waals surface area (Å²) in [6, 6.07) is 15.7. The van der Waals surface area contributed by atoms with Gasteiger partial charge >= 0.3 is 0 Å². The monoisotopic (exact) mass is 230 g/mol. The molecule has 2 heteroatoms. The molecule has 0 spiro atoms. The van der Waals surface area contributed by atoms with E-state index in [1.807, 2.05) is 30.3 Å². The summed E-state index contributed by atoms with van der Waals surface area (Å²) < 4.78 is 0. The second kappa shape index (κ2) is 4.95. The number of aldehydes is 1. The highest BCUT2D eigenvalue weighted by Crippen LogP contribution is 2.18. The Bertz CT molecular complexity index is 491. The minimum Gasteiger partial charge on any atom is -0.298 e. The number of benzene rings is 2. The normalized spacial score (nSPS) is 10.1. The summed E-state index contributed by atoms with van der Waals surface area (Å²) in [5.41, 5.74) is 2.89. The van der Waals surface area contributed by atoms with Crippen LogP contribution in [-0.2, 0) is 6.42 Å². The average molecular weight is 231 g/mol. The van der Waals surface area contributed by atoms with Gasteiger partial charge < -0.3 is 0 Å². The quantitative estimate of drug-likeness (QED) is 0.734. The molecule has 0 unspecified atom stereocenters. The van der Waals surface area contributed by atoms with E-state index < -0.39 is 0 Å². The Labute approximate surface area is 99.7 Å². The van der Waals surface area contributed by atoms with Gasteiger partial charge in [-0.25, -0.2) is 0 Å². The van der Waals surface area contributed by atoms with Crippen LogP contribution in [0, 0.1) is 0 Å². The van der Waals surface area contributed by atoms with Crippen molar-refractivity contribution in [2.24, 2.45) is 0 Å². The van der Waals surface area contributed by atoms with E-state index in [1.165, 1.54) is 5.56 Å². The average Bonchev–Trinajstić information content (AvgIpc) is 2.31. The number of carbonyl (C=O) groups is 1. The standard InChI is InChI=1S/C14H11ClO/c15-14-9-12(6-7-13(14)10-16)8-11-4-2-1-3-5-11/h1-7,9-10H,8H2. The van der Waals surface area contributed by atoms with Crippen molar-refractivity contribution in [1.82, 2.24) is 0 Å². The molecule has 0 atom stereocenters. The molecule has 0 aromatic heterocycles. The minimum atomic E-state index is 0.517. The van der Waals surface area contributed by atoms with Gasteiger partial charge in [-0.1, -0.05) is 48.0 Å². The third-order valence-corrected chi connectivity index (χ3v) is 2.77. The molecule has 16 heavy (non-hydrogen) atoms. The van der Waals surface area contributed by atoms with E-state index in [0.717, 1.165) is 18.3 Å². The topological polar surface area (TPSA) is 17.1 Å². The van der Waals surface area contributed by atoms with Crippen LogP contribution in [0.25, 0.3) is 0 Å². The Morgan fingerprint density at radius 2 is 1.75 bits per heavy atom. The lowest BCUT2D eigenvalue weighted by molar-refractivity contribution is 0.112. The summed E-state index contributed by atoms with van der Waals surface area (Å²) in [6.45, 7) is 0. The largest absolute Gasteiger partial charge is 0.298 e. The van der Waals surface area contributed by atoms with Crippen molar-refractivity contribution in [1.29, 1.82) is 0 Å². The zero-order valence-corrected chi connectivity index (χ0v) is 9.45. The van der Waals surface area contributed by atoms with Gasteiger partial charge in [0.1, 0.15) is 0 Å². The highest BCUT2D eigenvalue weighted by Gasteiger charge is 2.01. The number of hydrogen-bond acceptors (Lipinski definition) is 1. The van der Waals surface area contributed by atoms with E-state index in [2.05, 4.69) is 12.1 Å². The molecule has 0 N–H and O–H groups in total. The minimum absolute atomic E-state index is 0.517. The molecular weight excluding hydrogens is 220 g/mol. The number of rotatable bonds is 3. The van der Waals surface area contributed by atoms with Crippen LogP contribution in [0.3, 0.4) is 0 Å². The van der Waals surface area contributed by atoms with Crippen LogP contribution in [-0.4, -0.2) is 6.29 Å². The zero-order valence-electron chi connectivity index (χ0n) is 8.69. The van der Waals surface area contributed by atoms with Gasteiger partial charge in [0.25, 0.3) is 0 Å². The first-order valence-electron chi connectivity index (χ1n) is 5.07. The maximum atomic E-state index is 10.6. The molecular formula is C14H11ClO. The molecule has 2 aromatic carbocycles. The van der Waals surface area contributed by atoms with Crippen molar-refractivity contribution in [2.75, 3.05) is 0 Å². The molecule has 0 aliphatic carbocycles. The fourth-order valence-corrected chi connectivity index (χ4v) is 1.86. The second-order valence-electron chi connectivity index (χ2n) is 3.64. The number of halogens is 1. The predicted octanol–water partition coefficient (Wildman–Crippen LogP) is 3.74. The molecule has 2 rings (SSSR count). The highest BCUT2D eigenvalue weighted by molar-refractivity contribution is 6.33. The predicted molar refractivity (Wildman–Crippen MR) is 66.1 cm³/mol. The van der Waals surface area contributed by atoms with E-state index in [0.29, 0.717) is 10.6 Å². The highest BCUT2D eigenvalue weighted by atomic mass is 35.5. The van der Waals surface area contributed by atoms with Gasteiger partial charge in [0.15, 0.2) is 6.29 Å². The summed E-state index contributed by atoms with van der Waals surface area (Å²) in [6.07, 6.45) is 1.61. The van der Waals surface area contributed by atoms with E-state index in [4.69, 9.17) is 11.6 Å². The first kappa shape index (κ1) is 10.9. The maximum Gasteiger partial charge on any atom is 0.151 e. The third kappa shape index (κ3) is 2.50. The second-order valence-corrected chi connectivity index (χ2v) is 4.04. The van der Waals surface area contributed by atoms with Gasteiger partial charge in [0.05, 0.1) is 5.02 Å². The van der Waals surface area contributed by atoms with Crippen molar-refractivity contribution < 1.29 is 4.79 Å². The van der Waals surface area contributed by atoms with Crippen LogP contribution in [0.2, 0.25) is 5.02 Å². The summed E-state index contributed by atoms with van der Waals surface area (Å²) >= 11 is 5.96. The lowest BCUT2D eigenvalue weighted by Gasteiger charge is -2.03. The van der Waals surface area contributed by atoms with Gasteiger partial charge in [-0.3, -0.25) is 4.79 Å². The molecule has 0 fully saturated rings. The Kier molecular flexibility index (Phi) is 3.37. The molecule has 2 aromatic rings. The third-order valence-electron chi connectivity index (χ3n) is 2.44. The van der Waals surface area contributed by atoms with Gasteiger partial charge in [-0.2, -0.15) is 0 Å². The zero-order chi connectivity index (χ0) is 11.4. The molecule has 0 amide bonds. The van der Waals surface area contributed by atoms with Gasteiger partial charge in [-0.15, -0.1) is 0 Å². The molecule has 0 aliphatic rings. The Morgan fingerprint density at radius 1 is 1.00 bits per heavy atom. The number of hydrogen-bond donors (Lipinski definition) is 0. The lowest BCUT2D eigenvalue weighted by atomic mass is 10.0. The van der Waals surface area contributed by atoms with Crippen LogP contribution in [0.5, 0.6) is 0 Å². The van der Waals surface area contributed by atoms with Crippen molar-refractivity contribution in [3.8, 4) is 0 Å². The van der Waals surface area contributed by atoms with Crippen LogP contribution in [0.4, 0.5) is 0 Å². The van der Waals surface area contributed by atoms with Crippen LogP contribution >= 0.6 is 11.6 Å². The van der Waals surface area contributed by atoms with Gasteiger partial charge in [0.2, 0.25) is 0 Å². The molecule has 0 saturated heterocycles. The summed E-state index contributed by atoms with van der Waals surface area (Å²) in [5, 5.41) is 0.517. The van der Waals surface area contributed by atoms with Gasteiger partial charge in [-0.05, 0) is 29.7 Å². The molecule has 1 nitrogen and oxygen atoms in total. The molecule has 0 aliphatic heterocycles. The fourth-order valence-electron chi connectivity index (χ4n) is 1.61. The maximum absolute atomic E-state index is 10.6. The Morgan fingerprint density at radius 3 is 2.38 bits per heavy atom. The summed E-state index contributed by atoms with van der Waals surface area (Å²) in [4.78, 5) is 10.6. The van der Waals surface area contributed by atoms with Gasteiger partial charge in [0, 0.05) is 5.56 Å². The van der Waals surface area contributed by atoms with E-state index in [-0.39, 0.29) is 0 Å². The Balaban J connectivity index is 2.23. The van der Waals surface area contributed by atoms with Crippen molar-refractivity contribution in [2.45, 2.75) is 6.42 Å². The summed E-state index contributed by atoms with van der Waals surface area (Å²) in [5.74, 6) is 0. The lowest BCUT2D eigenvalue weighted by Crippen LogP contribution is -1.90. The smallest absolute Gasteiger partial charge is 0.151 e. The van der Waals surface area contributed by atoms with Crippen molar-refractivity contribution in [3.63, 3.8) is 0 Å². The van der Waals surface area contributed by atoms with Crippen LogP contribution in [0.1, 0.15) is 21.5 Å². The first-order valence-corrected chi connectivity index (χ1v) is 5.45. The molecule has 0 saturated carbocycles. The first-order chi connectivity index (χ1) is 7.79. The Hall–Kier alpha value is -1.60. The van der Waals surface area contributed by atoms with Crippen LogP contribution < -0.4 is 0 Å². The van der Waals surface area contributed by atoms with E-state index >= 15 is 0 Å². The molecule has 80 valence electrons. The molecule has 0 heterocycles.